The Balaban J connectivity index is 1.64. The summed E-state index contributed by atoms with van der Waals surface area (Å²) in [7, 11) is 5.10. The maximum atomic E-state index is 11.9. The number of carbonyl (C=O) groups is 1. The molecule has 28 heavy (non-hydrogen) atoms. The minimum absolute atomic E-state index is 0.0383. The van der Waals surface area contributed by atoms with Crippen molar-refractivity contribution in [3.05, 3.63) is 34.0 Å². The van der Waals surface area contributed by atoms with Gasteiger partial charge in [-0.05, 0) is 17.9 Å². The number of aliphatic imine (C=N–C) groups is 1. The van der Waals surface area contributed by atoms with Crippen LogP contribution < -0.4 is 10.6 Å². The third kappa shape index (κ3) is 5.52. The molecule has 1 unspecified atom stereocenters. The first-order valence-corrected chi connectivity index (χ1v) is 10.1. The lowest BCUT2D eigenvalue weighted by atomic mass is 10.1. The first-order valence-electron chi connectivity index (χ1n) is 9.24. The maximum Gasteiger partial charge on any atom is 0.243 e. The molecule has 1 amide bonds. The van der Waals surface area contributed by atoms with Gasteiger partial charge in [-0.1, -0.05) is 6.07 Å². The molecule has 10 heteroatoms. The average Bonchev–Trinajstić information content (AvgIpc) is 3.32. The van der Waals surface area contributed by atoms with Crippen LogP contribution in [-0.2, 0) is 35.6 Å². The summed E-state index contributed by atoms with van der Waals surface area (Å²) in [5.74, 6) is 2.29. The van der Waals surface area contributed by atoms with Crippen LogP contribution in [-0.4, -0.2) is 65.3 Å². The maximum absolute atomic E-state index is 11.9. The van der Waals surface area contributed by atoms with Crippen LogP contribution in [0.3, 0.4) is 0 Å². The molecule has 3 rings (SSSR count). The molecule has 1 aliphatic heterocycles. The van der Waals surface area contributed by atoms with Gasteiger partial charge in [0.15, 0.2) is 11.8 Å². The Hall–Kier alpha value is -2.46. The molecular weight excluding hydrogens is 378 g/mol. The van der Waals surface area contributed by atoms with Gasteiger partial charge in [-0.3, -0.25) is 4.79 Å². The van der Waals surface area contributed by atoms with Crippen molar-refractivity contribution in [2.24, 2.45) is 4.99 Å². The number of rotatable bonds is 7. The summed E-state index contributed by atoms with van der Waals surface area (Å²) < 4.78 is 7.05. The van der Waals surface area contributed by atoms with Crippen LogP contribution in [0.5, 0.6) is 0 Å². The van der Waals surface area contributed by atoms with Gasteiger partial charge in [-0.2, -0.15) is 5.10 Å². The Kier molecular flexibility index (Phi) is 6.99. The smallest absolute Gasteiger partial charge is 0.243 e. The highest BCUT2D eigenvalue weighted by Crippen LogP contribution is 2.14. The fourth-order valence-electron chi connectivity index (χ4n) is 2.89. The highest BCUT2D eigenvalue weighted by molar-refractivity contribution is 7.09. The molecule has 2 aromatic rings. The van der Waals surface area contributed by atoms with Gasteiger partial charge in [-0.25, -0.2) is 14.7 Å². The number of nitrogens with zero attached hydrogens (tertiary/aromatic N) is 5. The largest absolute Gasteiger partial charge is 0.377 e. The van der Waals surface area contributed by atoms with E-state index in [9.17, 15) is 4.79 Å². The molecular formula is C18H27N7O2S. The van der Waals surface area contributed by atoms with Crippen molar-refractivity contribution in [2.45, 2.75) is 38.6 Å². The summed E-state index contributed by atoms with van der Waals surface area (Å²) in [6, 6.07) is 4.25. The number of aryl methyl sites for hydroxylation is 1. The molecule has 0 radical (unpaired) electrons. The van der Waals surface area contributed by atoms with E-state index in [1.54, 1.807) is 37.4 Å². The van der Waals surface area contributed by atoms with E-state index in [-0.39, 0.29) is 18.5 Å². The van der Waals surface area contributed by atoms with Gasteiger partial charge < -0.3 is 20.3 Å². The van der Waals surface area contributed by atoms with Crippen LogP contribution in [0, 0.1) is 0 Å². The number of guanidine groups is 1. The van der Waals surface area contributed by atoms with Crippen molar-refractivity contribution in [1.29, 1.82) is 0 Å². The number of carbonyl (C=O) groups excluding carboxylic acids is 1. The molecule has 1 atom stereocenters. The molecule has 9 nitrogen and oxygen atoms in total. The zero-order valence-electron chi connectivity index (χ0n) is 16.5. The van der Waals surface area contributed by atoms with Crippen molar-refractivity contribution in [1.82, 2.24) is 30.3 Å². The molecule has 1 aliphatic rings. The number of aromatic nitrogens is 3. The van der Waals surface area contributed by atoms with Gasteiger partial charge in [0, 0.05) is 38.5 Å². The van der Waals surface area contributed by atoms with E-state index in [4.69, 9.17) is 4.74 Å². The number of likely N-dealkylation sites (N-methyl/N-ethyl adjacent to an activating group) is 1. The molecule has 0 aliphatic carbocycles. The van der Waals surface area contributed by atoms with E-state index in [1.807, 2.05) is 16.1 Å². The van der Waals surface area contributed by atoms with Gasteiger partial charge in [0.2, 0.25) is 5.91 Å². The normalized spacial score (nSPS) is 16.5. The summed E-state index contributed by atoms with van der Waals surface area (Å²) in [5.41, 5.74) is 0. The Morgan fingerprint density at radius 3 is 3.07 bits per heavy atom. The van der Waals surface area contributed by atoms with Crippen molar-refractivity contribution in [3.63, 3.8) is 0 Å². The van der Waals surface area contributed by atoms with Gasteiger partial charge in [-0.15, -0.1) is 11.3 Å². The summed E-state index contributed by atoms with van der Waals surface area (Å²) in [6.07, 6.45) is 1.76. The third-order valence-corrected chi connectivity index (χ3v) is 5.27. The van der Waals surface area contributed by atoms with E-state index in [1.165, 1.54) is 4.88 Å². The van der Waals surface area contributed by atoms with Crippen molar-refractivity contribution < 1.29 is 9.53 Å². The van der Waals surface area contributed by atoms with Crippen LogP contribution >= 0.6 is 11.3 Å². The van der Waals surface area contributed by atoms with Crippen LogP contribution in [0.1, 0.15) is 22.9 Å². The van der Waals surface area contributed by atoms with Crippen molar-refractivity contribution in [3.8, 4) is 0 Å². The molecule has 2 N–H and O–H groups in total. The zero-order chi connectivity index (χ0) is 19.9. The van der Waals surface area contributed by atoms with Gasteiger partial charge in [0.25, 0.3) is 0 Å². The minimum Gasteiger partial charge on any atom is -0.377 e. The van der Waals surface area contributed by atoms with Crippen LogP contribution in [0.15, 0.2) is 22.5 Å². The first-order chi connectivity index (χ1) is 13.5. The van der Waals surface area contributed by atoms with Crippen LogP contribution in [0.4, 0.5) is 0 Å². The van der Waals surface area contributed by atoms with E-state index >= 15 is 0 Å². The number of fused-ring (bicyclic) bond motifs is 1. The Bertz CT molecular complexity index is 801. The second kappa shape index (κ2) is 9.65. The van der Waals surface area contributed by atoms with E-state index in [0.29, 0.717) is 31.5 Å². The molecule has 3 heterocycles. The van der Waals surface area contributed by atoms with E-state index < -0.39 is 0 Å². The highest BCUT2D eigenvalue weighted by Gasteiger charge is 2.22. The predicted octanol–water partition coefficient (Wildman–Crippen LogP) is 0.624. The number of thiophene rings is 1. The highest BCUT2D eigenvalue weighted by atomic mass is 32.1. The van der Waals surface area contributed by atoms with Gasteiger partial charge in [0.05, 0.1) is 13.1 Å². The molecule has 0 saturated carbocycles. The number of hydrogen-bond donors (Lipinski definition) is 2. The Morgan fingerprint density at radius 1 is 1.50 bits per heavy atom. The summed E-state index contributed by atoms with van der Waals surface area (Å²) in [6.45, 7) is 1.89. The minimum atomic E-state index is -0.0383. The Morgan fingerprint density at radius 2 is 2.36 bits per heavy atom. The molecule has 2 aromatic heterocycles. The number of amides is 1. The zero-order valence-corrected chi connectivity index (χ0v) is 17.3. The number of ether oxygens (including phenoxy) is 1. The van der Waals surface area contributed by atoms with E-state index in [0.717, 1.165) is 18.7 Å². The van der Waals surface area contributed by atoms with E-state index in [2.05, 4.69) is 31.8 Å². The summed E-state index contributed by atoms with van der Waals surface area (Å²) >= 11 is 1.68. The molecule has 0 fully saturated rings. The lowest BCUT2D eigenvalue weighted by Crippen LogP contribution is -2.47. The molecule has 152 valence electrons. The number of nitrogens with one attached hydrogen (secondary N) is 2. The molecule has 0 spiro atoms. The average molecular weight is 406 g/mol. The topological polar surface area (TPSA) is 96.7 Å². The molecule has 0 aromatic carbocycles. The fraction of sp³-hybridized carbons (Fsp3) is 0.556. The summed E-state index contributed by atoms with van der Waals surface area (Å²) in [4.78, 5) is 23.7. The monoisotopic (exact) mass is 405 g/mol. The first kappa shape index (κ1) is 20.3. The fourth-order valence-corrected chi connectivity index (χ4v) is 3.53. The lowest BCUT2D eigenvalue weighted by Gasteiger charge is -2.25. The second-order valence-electron chi connectivity index (χ2n) is 6.83. The van der Waals surface area contributed by atoms with Crippen LogP contribution in [0.25, 0.3) is 0 Å². The van der Waals surface area contributed by atoms with Crippen molar-refractivity contribution in [2.75, 3.05) is 27.7 Å². The van der Waals surface area contributed by atoms with Gasteiger partial charge >= 0.3 is 0 Å². The summed E-state index contributed by atoms with van der Waals surface area (Å²) in [5, 5.41) is 13.3. The lowest BCUT2D eigenvalue weighted by molar-refractivity contribution is -0.127. The molecule has 0 saturated heterocycles. The predicted molar refractivity (Wildman–Crippen MR) is 108 cm³/mol. The van der Waals surface area contributed by atoms with Gasteiger partial charge in [0.1, 0.15) is 19.0 Å². The third-order valence-electron chi connectivity index (χ3n) is 4.40. The van der Waals surface area contributed by atoms with Crippen LogP contribution in [0.2, 0.25) is 0 Å². The van der Waals surface area contributed by atoms with Crippen molar-refractivity contribution >= 4 is 23.2 Å². The second-order valence-corrected chi connectivity index (χ2v) is 7.86. The molecule has 0 bridgehead atoms. The SMILES string of the molecule is COCc1nc2n(n1)CC(NC(=NCC(=O)N(C)C)NCc1cccs1)CC2. The number of methoxy groups -OCH3 is 1. The Labute approximate surface area is 168 Å². The number of hydrogen-bond acceptors (Lipinski definition) is 6. The quantitative estimate of drug-likeness (QED) is 0.518. The standard InChI is InChI=1S/C18H27N7O2S/c1-24(2)17(26)10-20-18(19-9-14-5-4-8-28-14)21-13-6-7-16-22-15(12-27-3)23-25(16)11-13/h4-5,8,13H,6-7,9-12H2,1-3H3,(H2,19,20,21).